The summed E-state index contributed by atoms with van der Waals surface area (Å²) in [6, 6.07) is 15.5. The molecule has 4 rings (SSSR count). The van der Waals surface area contributed by atoms with Crippen LogP contribution in [0.5, 0.6) is 0 Å². The number of amides is 1. The van der Waals surface area contributed by atoms with Crippen LogP contribution in [0.1, 0.15) is 22.8 Å². The van der Waals surface area contributed by atoms with E-state index in [2.05, 4.69) is 20.0 Å². The molecule has 1 N–H and O–H groups in total. The number of nitrogens with zero attached hydrogens (tertiary/aromatic N) is 3. The number of fused-ring (bicyclic) bond motifs is 1. The van der Waals surface area contributed by atoms with Crippen molar-refractivity contribution in [1.82, 2.24) is 20.0 Å². The third-order valence-electron chi connectivity index (χ3n) is 4.54. The van der Waals surface area contributed by atoms with Gasteiger partial charge < -0.3 is 14.4 Å². The maximum atomic E-state index is 13.3. The second-order valence-corrected chi connectivity index (χ2v) is 6.50. The van der Waals surface area contributed by atoms with E-state index in [9.17, 15) is 9.18 Å². The highest BCUT2D eigenvalue weighted by Gasteiger charge is 2.14. The molecule has 0 atom stereocenters. The smallest absolute Gasteiger partial charge is 0.289 e. The summed E-state index contributed by atoms with van der Waals surface area (Å²) in [5.41, 5.74) is 3.03. The molecule has 1 amide bonds. The zero-order valence-electron chi connectivity index (χ0n) is 15.4. The molecule has 0 spiro atoms. The van der Waals surface area contributed by atoms with E-state index in [0.717, 1.165) is 29.8 Å². The van der Waals surface area contributed by atoms with Crippen LogP contribution in [0.15, 0.2) is 59.1 Å². The van der Waals surface area contributed by atoms with Crippen molar-refractivity contribution >= 4 is 16.9 Å². The van der Waals surface area contributed by atoms with Gasteiger partial charge in [-0.1, -0.05) is 29.4 Å². The van der Waals surface area contributed by atoms with Crippen molar-refractivity contribution in [3.8, 4) is 11.3 Å². The number of carbonyl (C=O) groups is 1. The van der Waals surface area contributed by atoms with E-state index in [1.165, 1.54) is 18.2 Å². The maximum Gasteiger partial charge on any atom is 0.289 e. The molecule has 4 aromatic rings. The van der Waals surface area contributed by atoms with E-state index < -0.39 is 0 Å². The van der Waals surface area contributed by atoms with Crippen molar-refractivity contribution < 1.29 is 13.7 Å². The van der Waals surface area contributed by atoms with Gasteiger partial charge in [0.15, 0.2) is 0 Å². The molecule has 0 unspecified atom stereocenters. The predicted molar refractivity (Wildman–Crippen MR) is 103 cm³/mol. The summed E-state index contributed by atoms with van der Waals surface area (Å²) in [6.07, 6.45) is 0.748. The van der Waals surface area contributed by atoms with Crippen LogP contribution in [0.25, 0.3) is 22.3 Å². The van der Waals surface area contributed by atoms with Crippen LogP contribution >= 0.6 is 0 Å². The first-order chi connectivity index (χ1) is 13.6. The fraction of sp³-hybridized carbons (Fsp3) is 0.190. The minimum absolute atomic E-state index is 0.100. The first-order valence-corrected chi connectivity index (χ1v) is 9.04. The van der Waals surface area contributed by atoms with Crippen molar-refractivity contribution in [3.05, 3.63) is 72.0 Å². The van der Waals surface area contributed by atoms with E-state index in [-0.39, 0.29) is 17.5 Å². The first kappa shape index (κ1) is 17.9. The van der Waals surface area contributed by atoms with Crippen LogP contribution < -0.4 is 5.32 Å². The summed E-state index contributed by atoms with van der Waals surface area (Å²) in [5, 5.41) is 6.67. The van der Waals surface area contributed by atoms with E-state index in [1.54, 1.807) is 12.1 Å². The lowest BCUT2D eigenvalue weighted by Crippen LogP contribution is -2.24. The molecule has 28 heavy (non-hydrogen) atoms. The Morgan fingerprint density at radius 2 is 2.04 bits per heavy atom. The highest BCUT2D eigenvalue weighted by Crippen LogP contribution is 2.20. The lowest BCUT2D eigenvalue weighted by molar-refractivity contribution is 0.0916. The normalized spacial score (nSPS) is 11.1. The van der Waals surface area contributed by atoms with Gasteiger partial charge >= 0.3 is 0 Å². The Kier molecular flexibility index (Phi) is 4.89. The molecule has 0 radical (unpaired) electrons. The largest absolute Gasteiger partial charge is 0.350 e. The number of nitrogens with one attached hydrogen (secondary N) is 1. The summed E-state index contributed by atoms with van der Waals surface area (Å²) in [6.45, 7) is 3.21. The number of halogens is 1. The Morgan fingerprint density at radius 3 is 2.89 bits per heavy atom. The minimum atomic E-state index is -0.367. The molecule has 2 heterocycles. The molecule has 142 valence electrons. The standard InChI is InChI=1S/C21H19FN4O2/c1-14-24-17-8-2-3-9-19(17)26(14)11-5-10-23-21(27)20-13-18(25-28-20)15-6-4-7-16(22)12-15/h2-4,6-9,12-13H,5,10-11H2,1H3,(H,23,27). The van der Waals surface area contributed by atoms with Crippen LogP contribution in [0.2, 0.25) is 0 Å². The van der Waals surface area contributed by atoms with Gasteiger partial charge in [-0.3, -0.25) is 4.79 Å². The Hall–Kier alpha value is -3.48. The fourth-order valence-corrected chi connectivity index (χ4v) is 3.17. The van der Waals surface area contributed by atoms with E-state index in [0.29, 0.717) is 17.8 Å². The number of para-hydroxylation sites is 2. The van der Waals surface area contributed by atoms with E-state index in [1.807, 2.05) is 31.2 Å². The van der Waals surface area contributed by atoms with Gasteiger partial charge in [0.25, 0.3) is 5.91 Å². The number of aryl methyl sites for hydroxylation is 2. The number of hydrogen-bond acceptors (Lipinski definition) is 4. The van der Waals surface area contributed by atoms with Crippen molar-refractivity contribution in [2.75, 3.05) is 6.54 Å². The van der Waals surface area contributed by atoms with Gasteiger partial charge in [-0.2, -0.15) is 0 Å². The van der Waals surface area contributed by atoms with Gasteiger partial charge in [0.2, 0.25) is 5.76 Å². The SMILES string of the molecule is Cc1nc2ccccc2n1CCCNC(=O)c1cc(-c2cccc(F)c2)no1. The second kappa shape index (κ2) is 7.64. The molecule has 0 aliphatic carbocycles. The zero-order chi connectivity index (χ0) is 19.5. The van der Waals surface area contributed by atoms with Crippen molar-refractivity contribution in [1.29, 1.82) is 0 Å². The molecule has 0 saturated carbocycles. The highest BCUT2D eigenvalue weighted by atomic mass is 19.1. The molecule has 7 heteroatoms. The Morgan fingerprint density at radius 1 is 1.18 bits per heavy atom. The molecule has 0 aliphatic heterocycles. The second-order valence-electron chi connectivity index (χ2n) is 6.50. The third-order valence-corrected chi connectivity index (χ3v) is 4.54. The Labute approximate surface area is 161 Å². The topological polar surface area (TPSA) is 73.0 Å². The number of hydrogen-bond donors (Lipinski definition) is 1. The quantitative estimate of drug-likeness (QED) is 0.516. The van der Waals surface area contributed by atoms with Crippen LogP contribution in [-0.2, 0) is 6.54 Å². The highest BCUT2D eigenvalue weighted by molar-refractivity contribution is 5.92. The molecule has 0 fully saturated rings. The van der Waals surface area contributed by atoms with E-state index in [4.69, 9.17) is 4.52 Å². The summed E-state index contributed by atoms with van der Waals surface area (Å²) < 4.78 is 20.6. The zero-order valence-corrected chi connectivity index (χ0v) is 15.4. The van der Waals surface area contributed by atoms with Crippen LogP contribution in [0.4, 0.5) is 4.39 Å². The Bertz CT molecular complexity index is 1130. The van der Waals surface area contributed by atoms with Gasteiger partial charge in [-0.15, -0.1) is 0 Å². The molecule has 0 saturated heterocycles. The van der Waals surface area contributed by atoms with Crippen LogP contribution in [-0.4, -0.2) is 27.2 Å². The molecular formula is C21H19FN4O2. The van der Waals surface area contributed by atoms with Gasteiger partial charge in [-0.05, 0) is 37.6 Å². The molecule has 2 aromatic heterocycles. The molecule has 0 aliphatic rings. The maximum absolute atomic E-state index is 13.3. The summed E-state index contributed by atoms with van der Waals surface area (Å²) in [7, 11) is 0. The first-order valence-electron chi connectivity index (χ1n) is 9.04. The number of benzene rings is 2. The lowest BCUT2D eigenvalue weighted by atomic mass is 10.1. The molecule has 6 nitrogen and oxygen atoms in total. The minimum Gasteiger partial charge on any atom is -0.350 e. The summed E-state index contributed by atoms with van der Waals surface area (Å²) in [5.74, 6) is 0.335. The molecule has 2 aromatic carbocycles. The number of rotatable bonds is 6. The fourth-order valence-electron chi connectivity index (χ4n) is 3.17. The van der Waals surface area contributed by atoms with Gasteiger partial charge in [-0.25, -0.2) is 9.37 Å². The van der Waals surface area contributed by atoms with Gasteiger partial charge in [0.05, 0.1) is 11.0 Å². The van der Waals surface area contributed by atoms with Crippen LogP contribution in [0.3, 0.4) is 0 Å². The monoisotopic (exact) mass is 378 g/mol. The molecular weight excluding hydrogens is 359 g/mol. The predicted octanol–water partition coefficient (Wildman–Crippen LogP) is 3.96. The van der Waals surface area contributed by atoms with E-state index >= 15 is 0 Å². The summed E-state index contributed by atoms with van der Waals surface area (Å²) in [4.78, 5) is 16.8. The number of aromatic nitrogens is 3. The van der Waals surface area contributed by atoms with Crippen molar-refractivity contribution in [3.63, 3.8) is 0 Å². The third kappa shape index (κ3) is 3.64. The number of imidazole rings is 1. The van der Waals surface area contributed by atoms with Gasteiger partial charge in [0, 0.05) is 24.7 Å². The molecule has 0 bridgehead atoms. The number of carbonyl (C=O) groups excluding carboxylic acids is 1. The van der Waals surface area contributed by atoms with Gasteiger partial charge in [0.1, 0.15) is 17.3 Å². The lowest BCUT2D eigenvalue weighted by Gasteiger charge is -2.07. The summed E-state index contributed by atoms with van der Waals surface area (Å²) >= 11 is 0. The van der Waals surface area contributed by atoms with Crippen molar-refractivity contribution in [2.24, 2.45) is 0 Å². The van der Waals surface area contributed by atoms with Crippen LogP contribution in [0, 0.1) is 12.7 Å². The van der Waals surface area contributed by atoms with Crippen molar-refractivity contribution in [2.45, 2.75) is 19.9 Å². The Balaban J connectivity index is 1.34. The average molecular weight is 378 g/mol. The average Bonchev–Trinajstić information content (AvgIpc) is 3.30.